The third-order valence-corrected chi connectivity index (χ3v) is 1.71. The molecule has 3 nitrogen and oxygen atoms in total. The Hall–Kier alpha value is -1.29. The number of rotatable bonds is 3. The minimum Gasteiger partial charge on any atom is -0.502 e. The van der Waals surface area contributed by atoms with E-state index in [0.29, 0.717) is 12.0 Å². The zero-order valence-corrected chi connectivity index (χ0v) is 7.25. The highest BCUT2D eigenvalue weighted by atomic mass is 19.1. The van der Waals surface area contributed by atoms with Gasteiger partial charge in [-0.15, -0.1) is 0 Å². The van der Waals surface area contributed by atoms with Crippen LogP contribution in [0.4, 0.5) is 4.39 Å². The molecule has 0 unspecified atom stereocenters. The number of phenols is 1. The van der Waals surface area contributed by atoms with Crippen molar-refractivity contribution in [2.24, 2.45) is 0 Å². The van der Waals surface area contributed by atoms with Gasteiger partial charge < -0.3 is 14.9 Å². The first-order valence-electron chi connectivity index (χ1n) is 3.85. The van der Waals surface area contributed by atoms with E-state index in [1.54, 1.807) is 0 Å². The third kappa shape index (κ3) is 2.09. The summed E-state index contributed by atoms with van der Waals surface area (Å²) in [5.74, 6) is -1.14. The minimum atomic E-state index is -0.734. The summed E-state index contributed by atoms with van der Waals surface area (Å²) in [6.45, 7) is -0.0621. The molecule has 0 bridgehead atoms. The van der Waals surface area contributed by atoms with Crippen LogP contribution in [0.15, 0.2) is 12.1 Å². The normalized spacial score (nSPS) is 10.1. The van der Waals surface area contributed by atoms with Crippen LogP contribution in [0.1, 0.15) is 5.56 Å². The molecule has 4 heteroatoms. The molecule has 72 valence electrons. The number of hydrogen-bond donors (Lipinski definition) is 2. The van der Waals surface area contributed by atoms with Gasteiger partial charge in [0, 0.05) is 6.61 Å². The molecule has 0 saturated heterocycles. The summed E-state index contributed by atoms with van der Waals surface area (Å²) in [4.78, 5) is 0. The molecule has 0 atom stereocenters. The van der Waals surface area contributed by atoms with Crippen molar-refractivity contribution in [2.45, 2.75) is 6.42 Å². The number of hydrogen-bond acceptors (Lipinski definition) is 3. The molecule has 13 heavy (non-hydrogen) atoms. The summed E-state index contributed by atoms with van der Waals surface area (Å²) in [6, 6.07) is 2.67. The molecule has 0 aliphatic rings. The Morgan fingerprint density at radius 2 is 2.15 bits per heavy atom. The van der Waals surface area contributed by atoms with Crippen LogP contribution in [0.2, 0.25) is 0 Å². The quantitative estimate of drug-likeness (QED) is 0.742. The summed E-state index contributed by atoms with van der Waals surface area (Å²) in [5, 5.41) is 17.7. The van der Waals surface area contributed by atoms with Crippen LogP contribution in [0.25, 0.3) is 0 Å². The first kappa shape index (κ1) is 9.80. The van der Waals surface area contributed by atoms with E-state index in [1.807, 2.05) is 0 Å². The van der Waals surface area contributed by atoms with Gasteiger partial charge in [0.15, 0.2) is 17.3 Å². The van der Waals surface area contributed by atoms with Crippen LogP contribution in [-0.2, 0) is 6.42 Å². The second-order valence-corrected chi connectivity index (χ2v) is 2.60. The van der Waals surface area contributed by atoms with Crippen LogP contribution < -0.4 is 4.74 Å². The Labute approximate surface area is 75.4 Å². The van der Waals surface area contributed by atoms with Gasteiger partial charge in [-0.1, -0.05) is 0 Å². The minimum absolute atomic E-state index is 0.0621. The maximum atomic E-state index is 12.9. The van der Waals surface area contributed by atoms with Crippen molar-refractivity contribution in [1.29, 1.82) is 0 Å². The molecule has 0 radical (unpaired) electrons. The Bertz CT molecular complexity index is 299. The van der Waals surface area contributed by atoms with Crippen molar-refractivity contribution in [2.75, 3.05) is 13.7 Å². The maximum Gasteiger partial charge on any atom is 0.194 e. The predicted molar refractivity (Wildman–Crippen MR) is 45.4 cm³/mol. The van der Waals surface area contributed by atoms with Crippen LogP contribution >= 0.6 is 0 Å². The fraction of sp³-hybridized carbons (Fsp3) is 0.333. The van der Waals surface area contributed by atoms with Gasteiger partial charge in [0.05, 0.1) is 7.11 Å². The first-order valence-corrected chi connectivity index (χ1v) is 3.85. The van der Waals surface area contributed by atoms with Gasteiger partial charge in [-0.2, -0.15) is 0 Å². The Kier molecular flexibility index (Phi) is 3.08. The van der Waals surface area contributed by atoms with Crippen LogP contribution in [0.5, 0.6) is 11.5 Å². The van der Waals surface area contributed by atoms with Gasteiger partial charge in [0.2, 0.25) is 0 Å². The number of methoxy groups -OCH3 is 1. The molecule has 0 aliphatic carbocycles. The van der Waals surface area contributed by atoms with Gasteiger partial charge in [-0.05, 0) is 24.1 Å². The Morgan fingerprint density at radius 3 is 2.69 bits per heavy atom. The predicted octanol–water partition coefficient (Wildman–Crippen LogP) is 1.07. The topological polar surface area (TPSA) is 49.7 Å². The number of aromatic hydroxyl groups is 1. The van der Waals surface area contributed by atoms with Gasteiger partial charge in [0.25, 0.3) is 0 Å². The van der Waals surface area contributed by atoms with E-state index in [9.17, 15) is 4.39 Å². The second-order valence-electron chi connectivity index (χ2n) is 2.60. The Morgan fingerprint density at radius 1 is 1.46 bits per heavy atom. The van der Waals surface area contributed by atoms with E-state index in [-0.39, 0.29) is 12.4 Å². The molecule has 0 amide bonds. The lowest BCUT2D eigenvalue weighted by Crippen LogP contribution is -1.94. The van der Waals surface area contributed by atoms with Crippen molar-refractivity contribution >= 4 is 0 Å². The summed E-state index contributed by atoms with van der Waals surface area (Å²) >= 11 is 0. The average Bonchev–Trinajstić information content (AvgIpc) is 2.11. The number of ether oxygens (including phenoxy) is 1. The van der Waals surface area contributed by atoms with Crippen molar-refractivity contribution < 1.29 is 19.3 Å². The summed E-state index contributed by atoms with van der Waals surface area (Å²) in [7, 11) is 1.34. The molecule has 0 spiro atoms. The van der Waals surface area contributed by atoms with Crippen molar-refractivity contribution in [3.05, 3.63) is 23.5 Å². The van der Waals surface area contributed by atoms with E-state index in [4.69, 9.17) is 14.9 Å². The molecule has 1 rings (SSSR count). The molecular weight excluding hydrogens is 175 g/mol. The van der Waals surface area contributed by atoms with Gasteiger partial charge in [0.1, 0.15) is 0 Å². The smallest absolute Gasteiger partial charge is 0.194 e. The van der Waals surface area contributed by atoms with E-state index in [2.05, 4.69) is 0 Å². The SMILES string of the molecule is COc1cc(CCO)cc(F)c1O. The van der Waals surface area contributed by atoms with Gasteiger partial charge >= 0.3 is 0 Å². The number of aliphatic hydroxyl groups excluding tert-OH is 1. The molecule has 1 aromatic rings. The molecular formula is C9H11FO3. The van der Waals surface area contributed by atoms with Crippen molar-refractivity contribution in [3.63, 3.8) is 0 Å². The third-order valence-electron chi connectivity index (χ3n) is 1.71. The Balaban J connectivity index is 3.06. The molecule has 0 aliphatic heterocycles. The highest BCUT2D eigenvalue weighted by molar-refractivity contribution is 5.43. The van der Waals surface area contributed by atoms with Crippen molar-refractivity contribution in [3.8, 4) is 11.5 Å². The lowest BCUT2D eigenvalue weighted by molar-refractivity contribution is 0.298. The average molecular weight is 186 g/mol. The van der Waals surface area contributed by atoms with Gasteiger partial charge in [-0.3, -0.25) is 0 Å². The number of phenolic OH excluding ortho intramolecular Hbond substituents is 1. The molecule has 2 N–H and O–H groups in total. The fourth-order valence-corrected chi connectivity index (χ4v) is 1.06. The van der Waals surface area contributed by atoms with E-state index in [1.165, 1.54) is 19.2 Å². The monoisotopic (exact) mass is 186 g/mol. The lowest BCUT2D eigenvalue weighted by atomic mass is 10.1. The zero-order chi connectivity index (χ0) is 9.84. The van der Waals surface area contributed by atoms with Crippen LogP contribution in [0.3, 0.4) is 0 Å². The number of aliphatic hydroxyl groups is 1. The standard InChI is InChI=1S/C9H11FO3/c1-13-8-5-6(2-3-11)4-7(10)9(8)12/h4-5,11-12H,2-3H2,1H3. The highest BCUT2D eigenvalue weighted by Crippen LogP contribution is 2.30. The lowest BCUT2D eigenvalue weighted by Gasteiger charge is -2.06. The van der Waals surface area contributed by atoms with Crippen LogP contribution in [-0.4, -0.2) is 23.9 Å². The van der Waals surface area contributed by atoms with Gasteiger partial charge in [-0.25, -0.2) is 4.39 Å². The van der Waals surface area contributed by atoms with Crippen molar-refractivity contribution in [1.82, 2.24) is 0 Å². The fourth-order valence-electron chi connectivity index (χ4n) is 1.06. The summed E-state index contributed by atoms with van der Waals surface area (Å²) in [6.07, 6.45) is 0.341. The first-order chi connectivity index (χ1) is 6.19. The van der Waals surface area contributed by atoms with E-state index >= 15 is 0 Å². The van der Waals surface area contributed by atoms with Crippen LogP contribution in [0, 0.1) is 5.82 Å². The number of benzene rings is 1. The summed E-state index contributed by atoms with van der Waals surface area (Å²) < 4.78 is 17.7. The number of halogens is 1. The highest BCUT2D eigenvalue weighted by Gasteiger charge is 2.09. The molecule has 0 saturated carbocycles. The second kappa shape index (κ2) is 4.09. The molecule has 0 heterocycles. The zero-order valence-electron chi connectivity index (χ0n) is 7.25. The largest absolute Gasteiger partial charge is 0.502 e. The summed E-state index contributed by atoms with van der Waals surface area (Å²) in [5.41, 5.74) is 0.592. The molecule has 0 fully saturated rings. The van der Waals surface area contributed by atoms with E-state index in [0.717, 1.165) is 0 Å². The molecule has 1 aromatic carbocycles. The van der Waals surface area contributed by atoms with E-state index < -0.39 is 11.6 Å². The molecule has 0 aromatic heterocycles. The maximum absolute atomic E-state index is 12.9.